The van der Waals surface area contributed by atoms with E-state index >= 15 is 0 Å². The molecular weight excluding hydrogens is 590 g/mol. The zero-order valence-corrected chi connectivity index (χ0v) is 27.8. The lowest BCUT2D eigenvalue weighted by Gasteiger charge is -2.44. The van der Waals surface area contributed by atoms with Crippen LogP contribution in [0.2, 0.25) is 0 Å². The molecule has 0 spiro atoms. The number of carbonyl (C=O) groups excluding carboxylic acids is 2. The van der Waals surface area contributed by atoms with Gasteiger partial charge in [-0.25, -0.2) is 0 Å². The summed E-state index contributed by atoms with van der Waals surface area (Å²) < 4.78 is 0. The number of nitro benzene ring substituents is 1. The van der Waals surface area contributed by atoms with Crippen LogP contribution < -0.4 is 0 Å². The fourth-order valence-electron chi connectivity index (χ4n) is 7.54. The minimum atomic E-state index is -0.443. The van der Waals surface area contributed by atoms with Crippen molar-refractivity contribution < 1.29 is 14.5 Å². The van der Waals surface area contributed by atoms with Crippen LogP contribution in [0.3, 0.4) is 0 Å². The molecule has 2 aliphatic rings. The summed E-state index contributed by atoms with van der Waals surface area (Å²) in [7, 11) is 0. The molecule has 2 aliphatic heterocycles. The topological polar surface area (TPSA) is 99.4 Å². The third-order valence-corrected chi connectivity index (χ3v) is 9.93. The molecule has 9 nitrogen and oxygen atoms in total. The second-order valence-electron chi connectivity index (χ2n) is 12.9. The number of nitrogens with zero attached hydrogens (tertiary/aromatic N) is 5. The molecule has 9 heteroatoms. The number of nitro groups is 1. The fourth-order valence-corrected chi connectivity index (χ4v) is 7.54. The SMILES string of the molecule is CC1=NC(C)=C(N(C=O)CCCN2CCC(c3ccccc3)(c3ccccc3)CC2)C(c2ccc([N+](=O)[O-])cc2)C1N(C=O)C(C)C. The van der Waals surface area contributed by atoms with Crippen LogP contribution in [0.5, 0.6) is 0 Å². The number of aliphatic imine (C=N–C) groups is 1. The molecule has 246 valence electrons. The maximum absolute atomic E-state index is 12.8. The monoisotopic (exact) mass is 635 g/mol. The molecule has 2 heterocycles. The Hall–Kier alpha value is -4.63. The van der Waals surface area contributed by atoms with E-state index in [0.29, 0.717) is 12.2 Å². The van der Waals surface area contributed by atoms with E-state index in [1.54, 1.807) is 21.9 Å². The molecule has 0 saturated carbocycles. The molecular formula is C38H45N5O4. The predicted molar refractivity (Wildman–Crippen MR) is 185 cm³/mol. The lowest BCUT2D eigenvalue weighted by atomic mass is 9.68. The van der Waals surface area contributed by atoms with Gasteiger partial charge in [0.25, 0.3) is 5.69 Å². The molecule has 2 atom stereocenters. The number of amides is 2. The van der Waals surface area contributed by atoms with E-state index in [-0.39, 0.29) is 17.1 Å². The minimum absolute atomic E-state index is 0.0119. The van der Waals surface area contributed by atoms with Crippen molar-refractivity contribution in [1.82, 2.24) is 14.7 Å². The number of hydrogen-bond acceptors (Lipinski definition) is 6. The predicted octanol–water partition coefficient (Wildman–Crippen LogP) is 6.55. The summed E-state index contributed by atoms with van der Waals surface area (Å²) in [6.07, 6.45) is 4.48. The molecule has 47 heavy (non-hydrogen) atoms. The third-order valence-electron chi connectivity index (χ3n) is 9.93. The Morgan fingerprint density at radius 1 is 0.915 bits per heavy atom. The zero-order valence-electron chi connectivity index (χ0n) is 27.8. The van der Waals surface area contributed by atoms with Gasteiger partial charge in [-0.15, -0.1) is 0 Å². The first-order valence-electron chi connectivity index (χ1n) is 16.5. The normalized spacial score (nSPS) is 19.6. The highest BCUT2D eigenvalue weighted by Crippen LogP contribution is 2.42. The summed E-state index contributed by atoms with van der Waals surface area (Å²) in [4.78, 5) is 46.9. The molecule has 3 aromatic rings. The fraction of sp³-hybridized carbons (Fsp3) is 0.395. The van der Waals surface area contributed by atoms with Crippen LogP contribution in [0.1, 0.15) is 69.6 Å². The molecule has 3 aromatic carbocycles. The van der Waals surface area contributed by atoms with Crippen LogP contribution in [-0.4, -0.2) is 76.4 Å². The Morgan fingerprint density at radius 3 is 1.98 bits per heavy atom. The summed E-state index contributed by atoms with van der Waals surface area (Å²) >= 11 is 0. The first-order chi connectivity index (χ1) is 22.7. The van der Waals surface area contributed by atoms with Crippen molar-refractivity contribution in [2.24, 2.45) is 4.99 Å². The molecule has 0 radical (unpaired) electrons. The third kappa shape index (κ3) is 7.05. The highest BCUT2D eigenvalue weighted by atomic mass is 16.6. The van der Waals surface area contributed by atoms with E-state index in [9.17, 15) is 19.7 Å². The molecule has 0 aliphatic carbocycles. The Labute approximate surface area is 277 Å². The molecule has 0 aromatic heterocycles. The summed E-state index contributed by atoms with van der Waals surface area (Å²) in [5.74, 6) is -0.418. The minimum Gasteiger partial charge on any atom is -0.334 e. The number of allylic oxidation sites excluding steroid dienone is 1. The van der Waals surface area contributed by atoms with Crippen molar-refractivity contribution in [3.63, 3.8) is 0 Å². The Kier molecular flexibility index (Phi) is 10.7. The van der Waals surface area contributed by atoms with Gasteiger partial charge in [0.2, 0.25) is 12.8 Å². The summed E-state index contributed by atoms with van der Waals surface area (Å²) in [5, 5.41) is 11.4. The van der Waals surface area contributed by atoms with Crippen molar-refractivity contribution >= 4 is 24.2 Å². The maximum Gasteiger partial charge on any atom is 0.269 e. The average Bonchev–Trinajstić information content (AvgIpc) is 3.09. The van der Waals surface area contributed by atoms with Crippen LogP contribution in [-0.2, 0) is 15.0 Å². The van der Waals surface area contributed by atoms with Crippen molar-refractivity contribution in [2.75, 3.05) is 26.2 Å². The van der Waals surface area contributed by atoms with Crippen molar-refractivity contribution in [2.45, 2.75) is 70.4 Å². The quantitative estimate of drug-likeness (QED) is 0.121. The van der Waals surface area contributed by atoms with E-state index in [2.05, 4.69) is 65.6 Å². The van der Waals surface area contributed by atoms with Gasteiger partial charge in [0.05, 0.1) is 28.3 Å². The highest BCUT2D eigenvalue weighted by molar-refractivity contribution is 5.92. The van der Waals surface area contributed by atoms with E-state index in [0.717, 1.165) is 68.7 Å². The van der Waals surface area contributed by atoms with E-state index in [1.165, 1.54) is 23.3 Å². The van der Waals surface area contributed by atoms with E-state index in [4.69, 9.17) is 4.99 Å². The van der Waals surface area contributed by atoms with Gasteiger partial charge in [0.15, 0.2) is 0 Å². The largest absolute Gasteiger partial charge is 0.334 e. The number of hydrogen-bond donors (Lipinski definition) is 0. The van der Waals surface area contributed by atoms with Gasteiger partial charge in [0.1, 0.15) is 0 Å². The van der Waals surface area contributed by atoms with Crippen LogP contribution in [0, 0.1) is 10.1 Å². The lowest BCUT2D eigenvalue weighted by molar-refractivity contribution is -0.384. The average molecular weight is 636 g/mol. The Bertz CT molecular complexity index is 1550. The van der Waals surface area contributed by atoms with Gasteiger partial charge in [-0.05, 0) is 83.3 Å². The molecule has 2 unspecified atom stereocenters. The van der Waals surface area contributed by atoms with Crippen LogP contribution in [0.15, 0.2) is 101 Å². The van der Waals surface area contributed by atoms with Gasteiger partial charge in [-0.3, -0.25) is 24.7 Å². The first-order valence-corrected chi connectivity index (χ1v) is 16.5. The molecule has 2 amide bonds. The second-order valence-corrected chi connectivity index (χ2v) is 12.9. The zero-order chi connectivity index (χ0) is 33.6. The summed E-state index contributed by atoms with van der Waals surface area (Å²) in [6.45, 7) is 10.9. The number of piperidine rings is 1. The first kappa shape index (κ1) is 33.7. The van der Waals surface area contributed by atoms with E-state index < -0.39 is 16.9 Å². The number of likely N-dealkylation sites (tertiary alicyclic amines) is 1. The maximum atomic E-state index is 12.8. The van der Waals surface area contributed by atoms with E-state index in [1.807, 2.05) is 27.7 Å². The number of carbonyl (C=O) groups is 2. The van der Waals surface area contributed by atoms with Crippen LogP contribution >= 0.6 is 0 Å². The van der Waals surface area contributed by atoms with Crippen LogP contribution in [0.4, 0.5) is 5.69 Å². The molecule has 1 saturated heterocycles. The smallest absolute Gasteiger partial charge is 0.269 e. The van der Waals surface area contributed by atoms with Crippen LogP contribution in [0.25, 0.3) is 0 Å². The molecule has 5 rings (SSSR count). The Morgan fingerprint density at radius 2 is 1.49 bits per heavy atom. The van der Waals surface area contributed by atoms with Gasteiger partial charge >= 0.3 is 0 Å². The standard InChI is InChI=1S/C38H45N5O4/c1-28(2)42(27-45)37-30(4)39-29(3)36(35(37)31-16-18-34(19-17-31)43(46)47)41(26-44)23-11-22-40-24-20-38(21-25-40,32-12-7-5-8-13-32)33-14-9-6-10-15-33/h5-10,12-19,26-28,35,37H,11,20-25H2,1-4H3. The van der Waals surface area contributed by atoms with Gasteiger partial charge in [-0.1, -0.05) is 72.8 Å². The van der Waals surface area contributed by atoms with Gasteiger partial charge < -0.3 is 14.7 Å². The lowest BCUT2D eigenvalue weighted by Crippen LogP contribution is -2.51. The second kappa shape index (κ2) is 14.9. The summed E-state index contributed by atoms with van der Waals surface area (Å²) in [5.41, 5.74) is 5.65. The highest BCUT2D eigenvalue weighted by Gasteiger charge is 2.41. The van der Waals surface area contributed by atoms with Crippen molar-refractivity contribution in [3.8, 4) is 0 Å². The van der Waals surface area contributed by atoms with Crippen molar-refractivity contribution in [1.29, 1.82) is 0 Å². The Balaban J connectivity index is 1.35. The van der Waals surface area contributed by atoms with Crippen molar-refractivity contribution in [3.05, 3.63) is 123 Å². The number of rotatable bonds is 13. The molecule has 0 N–H and O–H groups in total. The summed E-state index contributed by atoms with van der Waals surface area (Å²) in [6, 6.07) is 27.5. The van der Waals surface area contributed by atoms with Gasteiger partial charge in [0, 0.05) is 35.8 Å². The van der Waals surface area contributed by atoms with Gasteiger partial charge in [-0.2, -0.15) is 0 Å². The molecule has 0 bridgehead atoms. The number of benzene rings is 3. The molecule has 1 fully saturated rings. The number of non-ortho nitro benzene ring substituents is 1.